The molecular formula is C13H23N3O2S. The van der Waals surface area contributed by atoms with Gasteiger partial charge in [0, 0.05) is 38.6 Å². The zero-order valence-electron chi connectivity index (χ0n) is 11.7. The van der Waals surface area contributed by atoms with Gasteiger partial charge in [-0.2, -0.15) is 0 Å². The molecule has 0 unspecified atom stereocenters. The van der Waals surface area contributed by atoms with Crippen LogP contribution < -0.4 is 5.32 Å². The summed E-state index contributed by atoms with van der Waals surface area (Å²) in [5.74, 6) is 0.194. The number of rotatable bonds is 9. The van der Waals surface area contributed by atoms with Gasteiger partial charge in [0.1, 0.15) is 9.84 Å². The van der Waals surface area contributed by atoms with Crippen molar-refractivity contribution in [3.63, 3.8) is 0 Å². The Morgan fingerprint density at radius 3 is 2.68 bits per heavy atom. The highest BCUT2D eigenvalue weighted by atomic mass is 32.2. The van der Waals surface area contributed by atoms with Crippen molar-refractivity contribution in [2.75, 3.05) is 38.2 Å². The molecule has 0 radical (unpaired) electrons. The van der Waals surface area contributed by atoms with Gasteiger partial charge in [-0.1, -0.05) is 13.0 Å². The third-order valence-electron chi connectivity index (χ3n) is 2.81. The van der Waals surface area contributed by atoms with Crippen LogP contribution in [0.2, 0.25) is 0 Å². The van der Waals surface area contributed by atoms with E-state index in [0.717, 1.165) is 31.9 Å². The first-order chi connectivity index (χ1) is 9.01. The minimum atomic E-state index is -2.87. The Morgan fingerprint density at radius 2 is 2.11 bits per heavy atom. The molecule has 19 heavy (non-hydrogen) atoms. The zero-order valence-corrected chi connectivity index (χ0v) is 12.5. The van der Waals surface area contributed by atoms with Crippen LogP contribution in [-0.2, 0) is 16.4 Å². The van der Waals surface area contributed by atoms with E-state index in [4.69, 9.17) is 0 Å². The number of aromatic nitrogens is 1. The molecule has 108 valence electrons. The summed E-state index contributed by atoms with van der Waals surface area (Å²) in [7, 11) is -2.87. The molecule has 1 aromatic heterocycles. The molecule has 6 heteroatoms. The molecule has 1 N–H and O–H groups in total. The molecule has 0 aliphatic rings. The Morgan fingerprint density at radius 1 is 1.32 bits per heavy atom. The van der Waals surface area contributed by atoms with E-state index in [1.807, 2.05) is 18.2 Å². The molecule has 1 heterocycles. The maximum atomic E-state index is 11.0. The van der Waals surface area contributed by atoms with Crippen molar-refractivity contribution in [3.05, 3.63) is 30.1 Å². The van der Waals surface area contributed by atoms with Crippen LogP contribution in [-0.4, -0.2) is 56.5 Å². The second-order valence-electron chi connectivity index (χ2n) is 4.57. The van der Waals surface area contributed by atoms with Crippen molar-refractivity contribution in [1.82, 2.24) is 15.2 Å². The third-order valence-corrected chi connectivity index (χ3v) is 3.76. The molecule has 0 aliphatic heterocycles. The summed E-state index contributed by atoms with van der Waals surface area (Å²) in [6, 6.07) is 5.91. The molecule has 1 rings (SSSR count). The summed E-state index contributed by atoms with van der Waals surface area (Å²) < 4.78 is 21.9. The first-order valence-corrected chi connectivity index (χ1v) is 8.58. The number of sulfone groups is 1. The van der Waals surface area contributed by atoms with E-state index in [1.165, 1.54) is 6.26 Å². The van der Waals surface area contributed by atoms with Crippen LogP contribution in [0.3, 0.4) is 0 Å². The molecule has 0 aliphatic carbocycles. The lowest BCUT2D eigenvalue weighted by Gasteiger charge is -2.20. The molecule has 5 nitrogen and oxygen atoms in total. The maximum Gasteiger partial charge on any atom is 0.148 e. The van der Waals surface area contributed by atoms with Crippen molar-refractivity contribution in [3.8, 4) is 0 Å². The third kappa shape index (κ3) is 7.92. The summed E-state index contributed by atoms with van der Waals surface area (Å²) in [6.45, 7) is 6.07. The molecule has 0 bridgehead atoms. The lowest BCUT2D eigenvalue weighted by molar-refractivity contribution is 0.277. The number of hydrogen-bond acceptors (Lipinski definition) is 5. The Kier molecular flexibility index (Phi) is 6.97. The summed E-state index contributed by atoms with van der Waals surface area (Å²) in [4.78, 5) is 6.58. The predicted molar refractivity (Wildman–Crippen MR) is 77.8 cm³/mol. The van der Waals surface area contributed by atoms with Crippen molar-refractivity contribution in [2.45, 2.75) is 13.5 Å². The number of hydrogen-bond donors (Lipinski definition) is 1. The van der Waals surface area contributed by atoms with Crippen molar-refractivity contribution >= 4 is 9.84 Å². The van der Waals surface area contributed by atoms with Gasteiger partial charge in [0.15, 0.2) is 0 Å². The van der Waals surface area contributed by atoms with Gasteiger partial charge in [0.05, 0.1) is 11.4 Å². The highest BCUT2D eigenvalue weighted by Crippen LogP contribution is 1.99. The van der Waals surface area contributed by atoms with E-state index in [1.54, 1.807) is 6.20 Å². The Balaban J connectivity index is 2.22. The van der Waals surface area contributed by atoms with Gasteiger partial charge >= 0.3 is 0 Å². The van der Waals surface area contributed by atoms with Crippen LogP contribution in [0, 0.1) is 0 Å². The lowest BCUT2D eigenvalue weighted by atomic mass is 10.3. The molecule has 0 saturated heterocycles. The fourth-order valence-electron chi connectivity index (χ4n) is 1.69. The van der Waals surface area contributed by atoms with Gasteiger partial charge in [-0.3, -0.25) is 9.88 Å². The number of nitrogens with one attached hydrogen (secondary N) is 1. The largest absolute Gasteiger partial charge is 0.314 e. The predicted octanol–water partition coefficient (Wildman–Crippen LogP) is 0.538. The van der Waals surface area contributed by atoms with E-state index < -0.39 is 9.84 Å². The van der Waals surface area contributed by atoms with Crippen LogP contribution in [0.5, 0.6) is 0 Å². The SMILES string of the molecule is CCN(CCNCCS(C)(=O)=O)Cc1ccccn1. The summed E-state index contributed by atoms with van der Waals surface area (Å²) in [5, 5.41) is 3.15. The molecule has 1 aromatic rings. The van der Waals surface area contributed by atoms with Crippen LogP contribution in [0.4, 0.5) is 0 Å². The van der Waals surface area contributed by atoms with Crippen molar-refractivity contribution < 1.29 is 8.42 Å². The minimum absolute atomic E-state index is 0.194. The maximum absolute atomic E-state index is 11.0. The van der Waals surface area contributed by atoms with E-state index >= 15 is 0 Å². The van der Waals surface area contributed by atoms with E-state index in [-0.39, 0.29) is 5.75 Å². The molecule has 0 atom stereocenters. The average Bonchev–Trinajstić information content (AvgIpc) is 2.37. The first kappa shape index (κ1) is 16.1. The molecule has 0 saturated carbocycles. The summed E-state index contributed by atoms with van der Waals surface area (Å²) in [5.41, 5.74) is 1.06. The summed E-state index contributed by atoms with van der Waals surface area (Å²) >= 11 is 0. The summed E-state index contributed by atoms with van der Waals surface area (Å²) in [6.07, 6.45) is 3.06. The van der Waals surface area contributed by atoms with Crippen LogP contribution in [0.1, 0.15) is 12.6 Å². The highest BCUT2D eigenvalue weighted by Gasteiger charge is 2.05. The van der Waals surface area contributed by atoms with E-state index in [9.17, 15) is 8.42 Å². The van der Waals surface area contributed by atoms with Crippen LogP contribution in [0.15, 0.2) is 24.4 Å². The Hall–Kier alpha value is -0.980. The number of pyridine rings is 1. The highest BCUT2D eigenvalue weighted by molar-refractivity contribution is 7.90. The van der Waals surface area contributed by atoms with Gasteiger partial charge in [0.2, 0.25) is 0 Å². The molecule has 0 fully saturated rings. The Bertz CT molecular complexity index is 448. The van der Waals surface area contributed by atoms with E-state index in [0.29, 0.717) is 6.54 Å². The smallest absolute Gasteiger partial charge is 0.148 e. The fourth-order valence-corrected chi connectivity index (χ4v) is 2.20. The topological polar surface area (TPSA) is 62.3 Å². The van der Waals surface area contributed by atoms with Gasteiger partial charge in [-0.25, -0.2) is 8.42 Å². The monoisotopic (exact) mass is 285 g/mol. The molecular weight excluding hydrogens is 262 g/mol. The number of likely N-dealkylation sites (N-methyl/N-ethyl adjacent to an activating group) is 1. The van der Waals surface area contributed by atoms with Crippen LogP contribution in [0.25, 0.3) is 0 Å². The van der Waals surface area contributed by atoms with Gasteiger partial charge in [-0.05, 0) is 18.7 Å². The fraction of sp³-hybridized carbons (Fsp3) is 0.615. The second kappa shape index (κ2) is 8.24. The van der Waals surface area contributed by atoms with Gasteiger partial charge in [0.25, 0.3) is 0 Å². The van der Waals surface area contributed by atoms with Gasteiger partial charge < -0.3 is 5.32 Å². The van der Waals surface area contributed by atoms with Crippen LogP contribution >= 0.6 is 0 Å². The normalized spacial score (nSPS) is 11.9. The van der Waals surface area contributed by atoms with E-state index in [2.05, 4.69) is 22.1 Å². The lowest BCUT2D eigenvalue weighted by Crippen LogP contribution is -2.33. The molecule has 0 spiro atoms. The van der Waals surface area contributed by atoms with Crippen molar-refractivity contribution in [1.29, 1.82) is 0 Å². The molecule has 0 amide bonds. The standard InChI is InChI=1S/C13H23N3O2S/c1-3-16(12-13-6-4-5-7-15-13)10-8-14-9-11-19(2,17)18/h4-7,14H,3,8-12H2,1-2H3. The first-order valence-electron chi connectivity index (χ1n) is 6.52. The quantitative estimate of drug-likeness (QED) is 0.671. The second-order valence-corrected chi connectivity index (χ2v) is 6.83. The van der Waals surface area contributed by atoms with Gasteiger partial charge in [-0.15, -0.1) is 0 Å². The minimum Gasteiger partial charge on any atom is -0.314 e. The number of nitrogens with zero attached hydrogens (tertiary/aromatic N) is 2. The Labute approximate surface area is 116 Å². The van der Waals surface area contributed by atoms with Crippen molar-refractivity contribution in [2.24, 2.45) is 0 Å². The molecule has 0 aromatic carbocycles. The average molecular weight is 285 g/mol. The zero-order chi connectivity index (χ0) is 14.1.